The van der Waals surface area contributed by atoms with Gasteiger partial charge in [-0.3, -0.25) is 0 Å². The Morgan fingerprint density at radius 1 is 1.50 bits per heavy atom. The van der Waals surface area contributed by atoms with Gasteiger partial charge in [-0.05, 0) is 12.0 Å². The van der Waals surface area contributed by atoms with E-state index in [0.29, 0.717) is 5.57 Å². The van der Waals surface area contributed by atoms with Crippen molar-refractivity contribution in [3.8, 4) is 6.07 Å². The smallest absolute Gasteiger partial charge is 0.0994 e. The van der Waals surface area contributed by atoms with Gasteiger partial charge in [0, 0.05) is 0 Å². The zero-order valence-electron chi connectivity index (χ0n) is 6.22. The molecule has 0 unspecified atom stereocenters. The molecule has 0 spiro atoms. The van der Waals surface area contributed by atoms with Crippen LogP contribution >= 0.6 is 0 Å². The van der Waals surface area contributed by atoms with Gasteiger partial charge < -0.3 is 0 Å². The summed E-state index contributed by atoms with van der Waals surface area (Å²) in [6.07, 6.45) is 4.08. The number of hydrogen-bond donors (Lipinski definition) is 0. The first-order chi connectivity index (χ1) is 4.79. The molecule has 0 N–H and O–H groups in total. The second kappa shape index (κ2) is 4.58. The van der Waals surface area contributed by atoms with Gasteiger partial charge in [-0.1, -0.05) is 32.2 Å². The molecule has 0 heterocycles. The molecule has 0 rings (SSSR count). The molecule has 0 saturated heterocycles. The van der Waals surface area contributed by atoms with Gasteiger partial charge >= 0.3 is 0 Å². The molecule has 1 nitrogen and oxygen atoms in total. The first kappa shape index (κ1) is 8.71. The van der Waals surface area contributed by atoms with E-state index < -0.39 is 0 Å². The molecular weight excluding hydrogens is 122 g/mol. The molecule has 0 fully saturated rings. The maximum absolute atomic E-state index is 8.53. The number of rotatable bonds is 3. The third-order valence-electron chi connectivity index (χ3n) is 1.30. The molecule has 0 aliphatic carbocycles. The van der Waals surface area contributed by atoms with Crippen LogP contribution in [0.15, 0.2) is 36.5 Å². The highest BCUT2D eigenvalue weighted by Crippen LogP contribution is 2.09. The van der Waals surface area contributed by atoms with Crippen molar-refractivity contribution < 1.29 is 0 Å². The van der Waals surface area contributed by atoms with E-state index in [1.165, 1.54) is 0 Å². The minimum atomic E-state index is 0.623. The van der Waals surface area contributed by atoms with Crippen LogP contribution in [0.25, 0.3) is 0 Å². The van der Waals surface area contributed by atoms with Gasteiger partial charge in [0.1, 0.15) is 0 Å². The lowest BCUT2D eigenvalue weighted by Crippen LogP contribution is -1.80. The Hall–Kier alpha value is -1.29. The summed E-state index contributed by atoms with van der Waals surface area (Å²) >= 11 is 0. The fourth-order valence-electron chi connectivity index (χ4n) is 0.693. The Labute approximate surface area is 62.0 Å². The lowest BCUT2D eigenvalue weighted by molar-refractivity contribution is 1.14. The van der Waals surface area contributed by atoms with E-state index in [0.717, 1.165) is 12.0 Å². The molecule has 0 aliphatic rings. The van der Waals surface area contributed by atoms with E-state index in [2.05, 4.69) is 13.2 Å². The first-order valence-electron chi connectivity index (χ1n) is 3.18. The first-order valence-corrected chi connectivity index (χ1v) is 3.18. The average Bonchev–Trinajstić information content (AvgIpc) is 2.00. The van der Waals surface area contributed by atoms with Gasteiger partial charge in [0.25, 0.3) is 0 Å². The molecule has 0 atom stereocenters. The van der Waals surface area contributed by atoms with Crippen molar-refractivity contribution in [2.24, 2.45) is 0 Å². The highest BCUT2D eigenvalue weighted by atomic mass is 14.2. The Kier molecular flexibility index (Phi) is 3.99. The molecule has 0 saturated carbocycles. The summed E-state index contributed by atoms with van der Waals surface area (Å²) in [6, 6.07) is 2.04. The van der Waals surface area contributed by atoms with E-state index in [9.17, 15) is 0 Å². The SMILES string of the molecule is C=C/C(C#N)=C(\C=C)CC. The van der Waals surface area contributed by atoms with Crippen LogP contribution in [-0.4, -0.2) is 0 Å². The third-order valence-corrected chi connectivity index (χ3v) is 1.30. The number of nitriles is 1. The third kappa shape index (κ3) is 1.91. The van der Waals surface area contributed by atoms with Crippen molar-refractivity contribution >= 4 is 0 Å². The van der Waals surface area contributed by atoms with E-state index in [-0.39, 0.29) is 0 Å². The summed E-state index contributed by atoms with van der Waals surface area (Å²) in [5.74, 6) is 0. The summed E-state index contributed by atoms with van der Waals surface area (Å²) in [5, 5.41) is 8.53. The van der Waals surface area contributed by atoms with Gasteiger partial charge in [-0.25, -0.2) is 0 Å². The van der Waals surface area contributed by atoms with Crippen molar-refractivity contribution in [1.29, 1.82) is 5.26 Å². The van der Waals surface area contributed by atoms with Gasteiger partial charge in [-0.15, -0.1) is 0 Å². The molecule has 0 aromatic rings. The zero-order valence-corrected chi connectivity index (χ0v) is 6.22. The standard InChI is InChI=1S/C9H11N/c1-4-8(5-2)9(6-3)7-10/h4,6H,1,3,5H2,2H3/b9-8-. The van der Waals surface area contributed by atoms with Crippen LogP contribution in [0, 0.1) is 11.3 Å². The van der Waals surface area contributed by atoms with Crippen LogP contribution in [0.1, 0.15) is 13.3 Å². The number of allylic oxidation sites excluding steroid dienone is 4. The highest BCUT2D eigenvalue weighted by molar-refractivity contribution is 5.40. The lowest BCUT2D eigenvalue weighted by Gasteiger charge is -1.95. The second-order valence-electron chi connectivity index (χ2n) is 1.81. The Balaban J connectivity index is 4.73. The molecule has 1 heteroatoms. The summed E-state index contributed by atoms with van der Waals surface area (Å²) in [6.45, 7) is 9.10. The molecule has 0 aliphatic heterocycles. The van der Waals surface area contributed by atoms with Crippen LogP contribution in [0.5, 0.6) is 0 Å². The van der Waals surface area contributed by atoms with Crippen LogP contribution in [0.3, 0.4) is 0 Å². The van der Waals surface area contributed by atoms with Crippen LogP contribution in [-0.2, 0) is 0 Å². The normalized spacial score (nSPS) is 11.2. The van der Waals surface area contributed by atoms with Crippen LogP contribution in [0.2, 0.25) is 0 Å². The van der Waals surface area contributed by atoms with E-state index in [1.807, 2.05) is 13.0 Å². The fraction of sp³-hybridized carbons (Fsp3) is 0.222. The monoisotopic (exact) mass is 133 g/mol. The second-order valence-corrected chi connectivity index (χ2v) is 1.81. The van der Waals surface area contributed by atoms with Crippen LogP contribution < -0.4 is 0 Å². The van der Waals surface area contributed by atoms with E-state index in [4.69, 9.17) is 5.26 Å². The molecule has 10 heavy (non-hydrogen) atoms. The van der Waals surface area contributed by atoms with Crippen molar-refractivity contribution in [2.45, 2.75) is 13.3 Å². The van der Waals surface area contributed by atoms with E-state index >= 15 is 0 Å². The molecule has 52 valence electrons. The molecule has 0 bridgehead atoms. The Bertz CT molecular complexity index is 203. The topological polar surface area (TPSA) is 23.8 Å². The van der Waals surface area contributed by atoms with Gasteiger partial charge in [-0.2, -0.15) is 5.26 Å². The quantitative estimate of drug-likeness (QED) is 0.429. The molecule has 0 aromatic heterocycles. The molecule has 0 amide bonds. The largest absolute Gasteiger partial charge is 0.192 e. The molecular formula is C9H11N. The van der Waals surface area contributed by atoms with Gasteiger partial charge in [0.15, 0.2) is 0 Å². The predicted octanol–water partition coefficient (Wildman–Crippen LogP) is 2.59. The van der Waals surface area contributed by atoms with Crippen LogP contribution in [0.4, 0.5) is 0 Å². The maximum atomic E-state index is 8.53. The van der Waals surface area contributed by atoms with E-state index in [1.54, 1.807) is 12.2 Å². The fourth-order valence-corrected chi connectivity index (χ4v) is 0.693. The highest BCUT2D eigenvalue weighted by Gasteiger charge is 1.94. The van der Waals surface area contributed by atoms with Crippen molar-refractivity contribution in [3.63, 3.8) is 0 Å². The summed E-state index contributed by atoms with van der Waals surface area (Å²) in [7, 11) is 0. The summed E-state index contributed by atoms with van der Waals surface area (Å²) in [4.78, 5) is 0. The Morgan fingerprint density at radius 3 is 2.20 bits per heavy atom. The van der Waals surface area contributed by atoms with Gasteiger partial charge in [0.05, 0.1) is 11.6 Å². The number of nitrogens with zero attached hydrogens (tertiary/aromatic N) is 1. The van der Waals surface area contributed by atoms with Crippen molar-refractivity contribution in [2.75, 3.05) is 0 Å². The summed E-state index contributed by atoms with van der Waals surface area (Å²) < 4.78 is 0. The number of hydrogen-bond acceptors (Lipinski definition) is 1. The lowest BCUT2D eigenvalue weighted by atomic mass is 10.1. The van der Waals surface area contributed by atoms with Gasteiger partial charge in [0.2, 0.25) is 0 Å². The molecule has 0 aromatic carbocycles. The predicted molar refractivity (Wildman–Crippen MR) is 43.3 cm³/mol. The molecule has 0 radical (unpaired) electrons. The van der Waals surface area contributed by atoms with Crippen molar-refractivity contribution in [3.05, 3.63) is 36.5 Å². The maximum Gasteiger partial charge on any atom is 0.0994 e. The van der Waals surface area contributed by atoms with Crippen molar-refractivity contribution in [1.82, 2.24) is 0 Å². The minimum Gasteiger partial charge on any atom is -0.192 e. The Morgan fingerprint density at radius 2 is 2.10 bits per heavy atom. The summed E-state index contributed by atoms with van der Waals surface area (Å²) in [5.41, 5.74) is 1.58. The zero-order chi connectivity index (χ0) is 7.98. The minimum absolute atomic E-state index is 0.623. The average molecular weight is 133 g/mol.